The van der Waals surface area contributed by atoms with Gasteiger partial charge in [0.15, 0.2) is 5.79 Å². The lowest BCUT2D eigenvalue weighted by Gasteiger charge is -2.44. The highest BCUT2D eigenvalue weighted by Crippen LogP contribution is 2.55. The Bertz CT molecular complexity index is 288. The van der Waals surface area contributed by atoms with Crippen LogP contribution in [0.4, 0.5) is 0 Å². The van der Waals surface area contributed by atoms with E-state index in [1.807, 2.05) is 6.92 Å². The molecule has 3 nitrogen and oxygen atoms in total. The summed E-state index contributed by atoms with van der Waals surface area (Å²) in [6.07, 6.45) is 3.45. The summed E-state index contributed by atoms with van der Waals surface area (Å²) in [7, 11) is 0. The molecule has 14 heavy (non-hydrogen) atoms. The van der Waals surface area contributed by atoms with E-state index in [0.717, 1.165) is 25.9 Å². The highest BCUT2D eigenvalue weighted by atomic mass is 16.7. The molecule has 1 aliphatic carbocycles. The van der Waals surface area contributed by atoms with Gasteiger partial charge in [-0.3, -0.25) is 4.79 Å². The van der Waals surface area contributed by atoms with Crippen molar-refractivity contribution >= 4 is 5.78 Å². The molecule has 78 valence electrons. The van der Waals surface area contributed by atoms with Gasteiger partial charge in [0.2, 0.25) is 0 Å². The first-order valence-electron chi connectivity index (χ1n) is 5.42. The number of hydrogen-bond donors (Lipinski definition) is 0. The van der Waals surface area contributed by atoms with E-state index in [0.29, 0.717) is 24.7 Å². The third-order valence-corrected chi connectivity index (χ3v) is 4.17. The predicted octanol–water partition coefficient (Wildman–Crippen LogP) is 1.51. The van der Waals surface area contributed by atoms with Crippen molar-refractivity contribution in [2.75, 3.05) is 13.2 Å². The van der Waals surface area contributed by atoms with Crippen molar-refractivity contribution in [3.05, 3.63) is 0 Å². The SMILES string of the molecule is C[C@@]12C[C@]3(CCC(=O)C[C@@H]3CO1)CO2. The van der Waals surface area contributed by atoms with Gasteiger partial charge in [0, 0.05) is 24.7 Å². The van der Waals surface area contributed by atoms with E-state index < -0.39 is 0 Å². The van der Waals surface area contributed by atoms with E-state index in [4.69, 9.17) is 9.47 Å². The Labute approximate surface area is 83.8 Å². The minimum absolute atomic E-state index is 0.265. The van der Waals surface area contributed by atoms with E-state index in [9.17, 15) is 4.79 Å². The van der Waals surface area contributed by atoms with Gasteiger partial charge in [0.25, 0.3) is 0 Å². The van der Waals surface area contributed by atoms with Gasteiger partial charge in [0.05, 0.1) is 13.2 Å². The number of carbonyl (C=O) groups excluding carboxylic acids is 1. The summed E-state index contributed by atoms with van der Waals surface area (Å²) in [5.41, 5.74) is 0.265. The Balaban J connectivity index is 1.90. The van der Waals surface area contributed by atoms with Gasteiger partial charge in [-0.25, -0.2) is 0 Å². The van der Waals surface area contributed by atoms with Crippen molar-refractivity contribution in [1.82, 2.24) is 0 Å². The third-order valence-electron chi connectivity index (χ3n) is 4.17. The zero-order chi connectivity index (χ0) is 9.81. The van der Waals surface area contributed by atoms with E-state index in [1.54, 1.807) is 0 Å². The van der Waals surface area contributed by atoms with E-state index >= 15 is 0 Å². The van der Waals surface area contributed by atoms with Crippen LogP contribution in [0.1, 0.15) is 32.6 Å². The quantitative estimate of drug-likeness (QED) is 0.589. The normalized spacial score (nSPS) is 51.8. The second-order valence-electron chi connectivity index (χ2n) is 5.21. The molecule has 2 saturated heterocycles. The number of rotatable bonds is 0. The van der Waals surface area contributed by atoms with Crippen LogP contribution >= 0.6 is 0 Å². The first-order chi connectivity index (χ1) is 6.62. The second kappa shape index (κ2) is 2.58. The molecule has 3 fully saturated rings. The minimum Gasteiger partial charge on any atom is -0.350 e. The predicted molar refractivity (Wildman–Crippen MR) is 49.7 cm³/mol. The molecule has 0 radical (unpaired) electrons. The maximum Gasteiger partial charge on any atom is 0.166 e. The molecule has 1 saturated carbocycles. The van der Waals surface area contributed by atoms with E-state index in [-0.39, 0.29) is 11.2 Å². The van der Waals surface area contributed by atoms with Crippen LogP contribution in [-0.2, 0) is 14.3 Å². The van der Waals surface area contributed by atoms with Crippen LogP contribution in [0.15, 0.2) is 0 Å². The van der Waals surface area contributed by atoms with Crippen LogP contribution in [0.25, 0.3) is 0 Å². The number of fused-ring (bicyclic) bond motifs is 1. The van der Waals surface area contributed by atoms with Crippen molar-refractivity contribution in [3.63, 3.8) is 0 Å². The summed E-state index contributed by atoms with van der Waals surface area (Å²) in [6, 6.07) is 0. The number of carbonyl (C=O) groups is 1. The molecule has 2 heterocycles. The summed E-state index contributed by atoms with van der Waals surface area (Å²) in [4.78, 5) is 11.4. The van der Waals surface area contributed by atoms with Gasteiger partial charge in [-0.15, -0.1) is 0 Å². The summed E-state index contributed by atoms with van der Waals surface area (Å²) in [6.45, 7) is 3.53. The Kier molecular flexibility index (Phi) is 1.63. The van der Waals surface area contributed by atoms with Crippen molar-refractivity contribution in [2.24, 2.45) is 11.3 Å². The van der Waals surface area contributed by atoms with Crippen molar-refractivity contribution < 1.29 is 14.3 Å². The molecule has 3 aliphatic rings. The molecule has 2 bridgehead atoms. The van der Waals surface area contributed by atoms with Gasteiger partial charge >= 0.3 is 0 Å². The molecular weight excluding hydrogens is 180 g/mol. The van der Waals surface area contributed by atoms with Crippen molar-refractivity contribution in [2.45, 2.75) is 38.4 Å². The van der Waals surface area contributed by atoms with Crippen molar-refractivity contribution in [1.29, 1.82) is 0 Å². The lowest BCUT2D eigenvalue weighted by Crippen LogP contribution is -2.46. The average Bonchev–Trinajstić information content (AvgIpc) is 2.42. The fourth-order valence-electron chi connectivity index (χ4n) is 3.25. The van der Waals surface area contributed by atoms with Gasteiger partial charge in [-0.05, 0) is 19.3 Å². The smallest absolute Gasteiger partial charge is 0.166 e. The molecule has 2 aliphatic heterocycles. The van der Waals surface area contributed by atoms with E-state index in [2.05, 4.69) is 0 Å². The van der Waals surface area contributed by atoms with Crippen LogP contribution in [0.3, 0.4) is 0 Å². The average molecular weight is 196 g/mol. The molecule has 0 aromatic rings. The highest BCUT2D eigenvalue weighted by Gasteiger charge is 2.57. The van der Waals surface area contributed by atoms with Crippen LogP contribution in [0, 0.1) is 11.3 Å². The number of hydrogen-bond acceptors (Lipinski definition) is 3. The zero-order valence-electron chi connectivity index (χ0n) is 8.54. The molecular formula is C11H16O3. The summed E-state index contributed by atoms with van der Waals surface area (Å²) >= 11 is 0. The standard InChI is InChI=1S/C11H16O3/c1-10-6-11(7-14-10)3-2-9(12)4-8(11)5-13-10/h8H,2-7H2,1H3/t8-,10-,11-/m1/s1. The number of ketones is 1. The van der Waals surface area contributed by atoms with Gasteiger partial charge in [-0.2, -0.15) is 0 Å². The lowest BCUT2D eigenvalue weighted by atomic mass is 9.63. The summed E-state index contributed by atoms with van der Waals surface area (Å²) < 4.78 is 11.4. The van der Waals surface area contributed by atoms with Crippen molar-refractivity contribution in [3.8, 4) is 0 Å². The Morgan fingerprint density at radius 1 is 1.43 bits per heavy atom. The molecule has 0 N–H and O–H groups in total. The second-order valence-corrected chi connectivity index (χ2v) is 5.21. The fraction of sp³-hybridized carbons (Fsp3) is 0.909. The molecule has 0 amide bonds. The number of Topliss-reactive ketones (excluding diaryl/α,β-unsaturated/α-hetero) is 1. The molecule has 0 unspecified atom stereocenters. The molecule has 0 aromatic heterocycles. The number of ether oxygens (including phenoxy) is 2. The Morgan fingerprint density at radius 3 is 3.14 bits per heavy atom. The Hall–Kier alpha value is -0.410. The van der Waals surface area contributed by atoms with Crippen LogP contribution in [-0.4, -0.2) is 24.8 Å². The topological polar surface area (TPSA) is 35.5 Å². The van der Waals surface area contributed by atoms with Gasteiger partial charge in [0.1, 0.15) is 5.78 Å². The van der Waals surface area contributed by atoms with Crippen LogP contribution in [0.5, 0.6) is 0 Å². The monoisotopic (exact) mass is 196 g/mol. The van der Waals surface area contributed by atoms with Crippen LogP contribution in [0.2, 0.25) is 0 Å². The van der Waals surface area contributed by atoms with Gasteiger partial charge < -0.3 is 9.47 Å². The minimum atomic E-state index is -0.350. The molecule has 3 rings (SSSR count). The first kappa shape index (κ1) is 8.86. The molecule has 3 atom stereocenters. The molecule has 1 spiro atoms. The first-order valence-corrected chi connectivity index (χ1v) is 5.42. The largest absolute Gasteiger partial charge is 0.350 e. The van der Waals surface area contributed by atoms with E-state index in [1.165, 1.54) is 0 Å². The maximum atomic E-state index is 11.4. The highest BCUT2D eigenvalue weighted by molar-refractivity contribution is 5.79. The summed E-state index contributed by atoms with van der Waals surface area (Å²) in [5, 5.41) is 0. The fourth-order valence-corrected chi connectivity index (χ4v) is 3.25. The lowest BCUT2D eigenvalue weighted by molar-refractivity contribution is -0.213. The summed E-state index contributed by atoms with van der Waals surface area (Å²) in [5.74, 6) is 0.468. The maximum absolute atomic E-state index is 11.4. The molecule has 0 aromatic carbocycles. The van der Waals surface area contributed by atoms with Gasteiger partial charge in [-0.1, -0.05) is 0 Å². The molecule has 3 heteroatoms. The zero-order valence-corrected chi connectivity index (χ0v) is 8.54. The Morgan fingerprint density at radius 2 is 2.29 bits per heavy atom. The third kappa shape index (κ3) is 1.09. The van der Waals surface area contributed by atoms with Crippen LogP contribution < -0.4 is 0 Å².